The molecule has 0 aromatic heterocycles. The maximum Gasteiger partial charge on any atom is 0.0726 e. The molecular weight excluding hydrogens is 162 g/mol. The van der Waals surface area contributed by atoms with E-state index in [1.165, 1.54) is 0 Å². The molecule has 2 atom stereocenters. The highest BCUT2D eigenvalue weighted by atomic mass is 16.5. The quantitative estimate of drug-likeness (QED) is 0.612. The maximum absolute atomic E-state index is 5.96. The van der Waals surface area contributed by atoms with Crippen molar-refractivity contribution in [2.24, 2.45) is 5.73 Å². The highest BCUT2D eigenvalue weighted by Crippen LogP contribution is 2.09. The first-order valence-corrected chi connectivity index (χ1v) is 5.06. The van der Waals surface area contributed by atoms with Crippen LogP contribution in [0.25, 0.3) is 0 Å². The van der Waals surface area contributed by atoms with Crippen LogP contribution in [0.4, 0.5) is 0 Å². The molecule has 2 unspecified atom stereocenters. The average molecular weight is 183 g/mol. The van der Waals surface area contributed by atoms with Gasteiger partial charge in [0.1, 0.15) is 0 Å². The molecule has 0 heterocycles. The molecule has 0 aliphatic heterocycles. The summed E-state index contributed by atoms with van der Waals surface area (Å²) in [5, 5.41) is 0. The maximum atomic E-state index is 5.96. The van der Waals surface area contributed by atoms with Gasteiger partial charge in [-0.2, -0.15) is 0 Å². The Hall–Kier alpha value is -0.520. The third-order valence-electron chi connectivity index (χ3n) is 2.05. The van der Waals surface area contributed by atoms with Crippen molar-refractivity contribution in [2.75, 3.05) is 6.61 Å². The van der Waals surface area contributed by atoms with Crippen LogP contribution in [-0.2, 0) is 4.74 Å². The lowest BCUT2D eigenvalue weighted by Gasteiger charge is -2.22. The molecule has 0 aliphatic rings. The van der Waals surface area contributed by atoms with E-state index in [2.05, 4.69) is 12.8 Å². The molecular formula is C11H21NO. The average Bonchev–Trinajstić information content (AvgIpc) is 2.14. The van der Waals surface area contributed by atoms with Gasteiger partial charge in [0.2, 0.25) is 0 Å². The highest BCUT2D eigenvalue weighted by molar-refractivity contribution is 4.86. The van der Waals surface area contributed by atoms with Crippen molar-refractivity contribution < 1.29 is 4.74 Å². The summed E-state index contributed by atoms with van der Waals surface area (Å²) in [7, 11) is 0. The number of rotatable bonds is 7. The lowest BCUT2D eigenvalue weighted by Crippen LogP contribution is -2.36. The van der Waals surface area contributed by atoms with Crippen molar-refractivity contribution in [3.8, 4) is 12.3 Å². The van der Waals surface area contributed by atoms with Crippen LogP contribution in [0, 0.1) is 12.3 Å². The summed E-state index contributed by atoms with van der Waals surface area (Å²) < 4.78 is 5.55. The molecule has 0 saturated carbocycles. The van der Waals surface area contributed by atoms with Crippen molar-refractivity contribution in [3.63, 3.8) is 0 Å². The fourth-order valence-corrected chi connectivity index (χ4v) is 1.36. The summed E-state index contributed by atoms with van der Waals surface area (Å²) in [5.74, 6) is 2.60. The van der Waals surface area contributed by atoms with Gasteiger partial charge >= 0.3 is 0 Å². The molecule has 13 heavy (non-hydrogen) atoms. The summed E-state index contributed by atoms with van der Waals surface area (Å²) in [5.41, 5.74) is 5.96. The molecule has 0 spiro atoms. The van der Waals surface area contributed by atoms with Crippen LogP contribution in [0.3, 0.4) is 0 Å². The molecule has 0 aromatic carbocycles. The van der Waals surface area contributed by atoms with E-state index in [4.69, 9.17) is 16.9 Å². The summed E-state index contributed by atoms with van der Waals surface area (Å²) in [6.45, 7) is 4.87. The molecule has 0 aliphatic carbocycles. The van der Waals surface area contributed by atoms with Gasteiger partial charge in [-0.05, 0) is 19.8 Å². The Bertz CT molecular complexity index is 145. The number of nitrogens with two attached hydrogens (primary N) is 1. The predicted molar refractivity (Wildman–Crippen MR) is 56.4 cm³/mol. The summed E-state index contributed by atoms with van der Waals surface area (Å²) in [6, 6.07) is 0.0935. The third-order valence-corrected chi connectivity index (χ3v) is 2.05. The van der Waals surface area contributed by atoms with Crippen LogP contribution >= 0.6 is 0 Å². The van der Waals surface area contributed by atoms with Crippen LogP contribution in [0.15, 0.2) is 0 Å². The predicted octanol–water partition coefficient (Wildman–Crippen LogP) is 1.93. The Morgan fingerprint density at radius 2 is 2.08 bits per heavy atom. The van der Waals surface area contributed by atoms with Crippen molar-refractivity contribution in [1.82, 2.24) is 0 Å². The molecule has 0 saturated heterocycles. The Balaban J connectivity index is 3.80. The van der Waals surface area contributed by atoms with Gasteiger partial charge in [0.25, 0.3) is 0 Å². The Labute approximate surface area is 81.8 Å². The molecule has 0 bridgehead atoms. The van der Waals surface area contributed by atoms with Gasteiger partial charge in [0.15, 0.2) is 0 Å². The zero-order chi connectivity index (χ0) is 10.1. The first-order valence-electron chi connectivity index (χ1n) is 5.06. The minimum absolute atomic E-state index is 0.0935. The Morgan fingerprint density at radius 1 is 1.38 bits per heavy atom. The highest BCUT2D eigenvalue weighted by Gasteiger charge is 2.15. The van der Waals surface area contributed by atoms with Gasteiger partial charge < -0.3 is 10.5 Å². The normalized spacial score (nSPS) is 14.9. The second-order valence-electron chi connectivity index (χ2n) is 3.19. The molecule has 0 radical (unpaired) electrons. The minimum Gasteiger partial charge on any atom is -0.377 e. The largest absolute Gasteiger partial charge is 0.377 e. The minimum atomic E-state index is 0.0935. The Kier molecular flexibility index (Phi) is 7.77. The monoisotopic (exact) mass is 183 g/mol. The SMILES string of the molecule is C#CCCC(N)C(CCC)OCC. The smallest absolute Gasteiger partial charge is 0.0726 e. The molecule has 0 aromatic rings. The van der Waals surface area contributed by atoms with E-state index in [1.807, 2.05) is 6.92 Å². The lowest BCUT2D eigenvalue weighted by atomic mass is 10.0. The van der Waals surface area contributed by atoms with Crippen LogP contribution in [0.5, 0.6) is 0 Å². The van der Waals surface area contributed by atoms with E-state index in [0.717, 1.165) is 32.3 Å². The molecule has 0 rings (SSSR count). The topological polar surface area (TPSA) is 35.2 Å². The van der Waals surface area contributed by atoms with Gasteiger partial charge in [-0.25, -0.2) is 0 Å². The summed E-state index contributed by atoms with van der Waals surface area (Å²) in [4.78, 5) is 0. The van der Waals surface area contributed by atoms with Crippen LogP contribution < -0.4 is 5.73 Å². The summed E-state index contributed by atoms with van der Waals surface area (Å²) >= 11 is 0. The van der Waals surface area contributed by atoms with Crippen LogP contribution in [-0.4, -0.2) is 18.8 Å². The second kappa shape index (κ2) is 8.10. The van der Waals surface area contributed by atoms with Crippen molar-refractivity contribution in [3.05, 3.63) is 0 Å². The van der Waals surface area contributed by atoms with E-state index < -0.39 is 0 Å². The van der Waals surface area contributed by atoms with Gasteiger partial charge in [0.05, 0.1) is 6.10 Å². The summed E-state index contributed by atoms with van der Waals surface area (Å²) in [6.07, 6.45) is 9.10. The van der Waals surface area contributed by atoms with E-state index in [-0.39, 0.29) is 12.1 Å². The van der Waals surface area contributed by atoms with E-state index in [0.29, 0.717) is 0 Å². The fraction of sp³-hybridized carbons (Fsp3) is 0.818. The molecule has 2 nitrogen and oxygen atoms in total. The van der Waals surface area contributed by atoms with Gasteiger partial charge in [-0.15, -0.1) is 12.3 Å². The van der Waals surface area contributed by atoms with Crippen molar-refractivity contribution in [2.45, 2.75) is 51.7 Å². The zero-order valence-electron chi connectivity index (χ0n) is 8.75. The van der Waals surface area contributed by atoms with E-state index >= 15 is 0 Å². The van der Waals surface area contributed by atoms with E-state index in [1.54, 1.807) is 0 Å². The zero-order valence-corrected chi connectivity index (χ0v) is 8.75. The molecule has 2 N–H and O–H groups in total. The van der Waals surface area contributed by atoms with Crippen LogP contribution in [0.2, 0.25) is 0 Å². The lowest BCUT2D eigenvalue weighted by molar-refractivity contribution is 0.0362. The number of ether oxygens (including phenoxy) is 1. The number of hydrogen-bond donors (Lipinski definition) is 1. The van der Waals surface area contributed by atoms with Crippen molar-refractivity contribution >= 4 is 0 Å². The molecule has 2 heteroatoms. The first kappa shape index (κ1) is 12.5. The van der Waals surface area contributed by atoms with E-state index in [9.17, 15) is 0 Å². The van der Waals surface area contributed by atoms with Gasteiger partial charge in [0, 0.05) is 19.1 Å². The number of hydrogen-bond acceptors (Lipinski definition) is 2. The standard InChI is InChI=1S/C11H21NO/c1-4-7-9-10(12)11(8-5-2)13-6-3/h1,10-11H,5-9,12H2,2-3H3. The van der Waals surface area contributed by atoms with Gasteiger partial charge in [-0.3, -0.25) is 0 Å². The van der Waals surface area contributed by atoms with Crippen LogP contribution in [0.1, 0.15) is 39.5 Å². The Morgan fingerprint density at radius 3 is 2.54 bits per heavy atom. The number of terminal acetylenes is 1. The molecule has 76 valence electrons. The van der Waals surface area contributed by atoms with Crippen molar-refractivity contribution in [1.29, 1.82) is 0 Å². The third kappa shape index (κ3) is 5.68. The second-order valence-corrected chi connectivity index (χ2v) is 3.19. The molecule has 0 fully saturated rings. The fourth-order valence-electron chi connectivity index (χ4n) is 1.36. The van der Waals surface area contributed by atoms with Gasteiger partial charge in [-0.1, -0.05) is 13.3 Å². The molecule has 0 amide bonds. The first-order chi connectivity index (χ1) is 6.26.